The molecule has 0 saturated carbocycles. The molecule has 1 rings (SSSR count). The van der Waals surface area contributed by atoms with Crippen molar-refractivity contribution in [1.29, 1.82) is 0 Å². The second-order valence-electron chi connectivity index (χ2n) is 2.77. The number of ether oxygens (including phenoxy) is 2. The van der Waals surface area contributed by atoms with Crippen molar-refractivity contribution in [2.45, 2.75) is 13.0 Å². The maximum absolute atomic E-state index is 6.95. The first kappa shape index (κ1) is 10.3. The lowest BCUT2D eigenvalue weighted by Crippen LogP contribution is -1.97. The van der Waals surface area contributed by atoms with Gasteiger partial charge in [-0.05, 0) is 0 Å². The Hall–Kier alpha value is -1.76. The standard InChI is InChI=1S/C10H12N2O2/c1-7(11-2)8-5-10(14-4)12-6-9(8)13-3/h5-7H,1,3-4H3. The van der Waals surface area contributed by atoms with Crippen molar-refractivity contribution in [3.63, 3.8) is 0 Å². The van der Waals surface area contributed by atoms with E-state index in [9.17, 15) is 0 Å². The Kier molecular flexibility index (Phi) is 3.29. The maximum Gasteiger partial charge on any atom is 0.249 e. The molecule has 0 radical (unpaired) electrons. The molecule has 4 nitrogen and oxygen atoms in total. The summed E-state index contributed by atoms with van der Waals surface area (Å²) < 4.78 is 10.1. The van der Waals surface area contributed by atoms with E-state index in [4.69, 9.17) is 16.0 Å². The van der Waals surface area contributed by atoms with Crippen molar-refractivity contribution >= 4 is 0 Å². The molecular formula is C10H12N2O2. The third-order valence-electron chi connectivity index (χ3n) is 1.95. The molecule has 0 aliphatic rings. The van der Waals surface area contributed by atoms with E-state index in [2.05, 4.69) is 9.83 Å². The van der Waals surface area contributed by atoms with Gasteiger partial charge in [0.2, 0.25) is 11.9 Å². The maximum atomic E-state index is 6.95. The monoisotopic (exact) mass is 192 g/mol. The molecule has 0 N–H and O–H groups in total. The van der Waals surface area contributed by atoms with Gasteiger partial charge in [-0.15, -0.1) is 0 Å². The molecule has 1 heterocycles. The van der Waals surface area contributed by atoms with Crippen LogP contribution in [0, 0.1) is 6.57 Å². The van der Waals surface area contributed by atoms with Crippen molar-refractivity contribution in [3.05, 3.63) is 29.2 Å². The van der Waals surface area contributed by atoms with Crippen molar-refractivity contribution < 1.29 is 9.47 Å². The summed E-state index contributed by atoms with van der Waals surface area (Å²) in [6.45, 7) is 8.76. The summed E-state index contributed by atoms with van der Waals surface area (Å²) in [5.41, 5.74) is 0.800. The second kappa shape index (κ2) is 4.47. The highest BCUT2D eigenvalue weighted by atomic mass is 16.5. The van der Waals surface area contributed by atoms with Gasteiger partial charge >= 0.3 is 0 Å². The highest BCUT2D eigenvalue weighted by Crippen LogP contribution is 2.29. The van der Waals surface area contributed by atoms with Gasteiger partial charge in [0, 0.05) is 13.0 Å². The van der Waals surface area contributed by atoms with Crippen molar-refractivity contribution in [1.82, 2.24) is 4.98 Å². The number of pyridine rings is 1. The zero-order chi connectivity index (χ0) is 10.6. The Morgan fingerprint density at radius 3 is 2.64 bits per heavy atom. The van der Waals surface area contributed by atoms with Crippen LogP contribution in [-0.2, 0) is 0 Å². The highest BCUT2D eigenvalue weighted by molar-refractivity contribution is 5.38. The minimum Gasteiger partial charge on any atom is -0.495 e. The number of hydrogen-bond acceptors (Lipinski definition) is 3. The molecular weight excluding hydrogens is 180 g/mol. The summed E-state index contributed by atoms with van der Waals surface area (Å²) in [7, 11) is 3.10. The molecule has 0 aromatic carbocycles. The Morgan fingerprint density at radius 1 is 1.43 bits per heavy atom. The van der Waals surface area contributed by atoms with E-state index in [0.717, 1.165) is 5.56 Å². The van der Waals surface area contributed by atoms with E-state index < -0.39 is 0 Å². The summed E-state index contributed by atoms with van der Waals surface area (Å²) in [6, 6.07) is 1.48. The third kappa shape index (κ3) is 1.94. The zero-order valence-corrected chi connectivity index (χ0v) is 8.44. The number of aromatic nitrogens is 1. The van der Waals surface area contributed by atoms with Gasteiger partial charge in [0.1, 0.15) is 5.75 Å². The number of nitrogens with zero attached hydrogens (tertiary/aromatic N) is 2. The number of rotatable bonds is 3. The van der Waals surface area contributed by atoms with Gasteiger partial charge in [-0.1, -0.05) is 0 Å². The molecule has 0 spiro atoms. The van der Waals surface area contributed by atoms with E-state index in [1.165, 1.54) is 0 Å². The van der Waals surface area contributed by atoms with E-state index >= 15 is 0 Å². The normalized spacial score (nSPS) is 11.6. The first-order chi connectivity index (χ1) is 6.72. The molecule has 1 unspecified atom stereocenters. The lowest BCUT2D eigenvalue weighted by molar-refractivity contribution is 0.383. The minimum atomic E-state index is -0.248. The van der Waals surface area contributed by atoms with Gasteiger partial charge in [0.05, 0.1) is 26.0 Å². The topological polar surface area (TPSA) is 35.7 Å². The quantitative estimate of drug-likeness (QED) is 0.688. The van der Waals surface area contributed by atoms with E-state index in [0.29, 0.717) is 11.6 Å². The van der Waals surface area contributed by atoms with Crippen LogP contribution in [0.25, 0.3) is 4.85 Å². The van der Waals surface area contributed by atoms with Gasteiger partial charge in [-0.25, -0.2) is 11.6 Å². The largest absolute Gasteiger partial charge is 0.495 e. The van der Waals surface area contributed by atoms with Gasteiger partial charge in [-0.3, -0.25) is 0 Å². The smallest absolute Gasteiger partial charge is 0.249 e. The van der Waals surface area contributed by atoms with Crippen LogP contribution in [0.2, 0.25) is 0 Å². The fourth-order valence-corrected chi connectivity index (χ4v) is 1.12. The molecule has 0 fully saturated rings. The first-order valence-corrected chi connectivity index (χ1v) is 4.17. The first-order valence-electron chi connectivity index (χ1n) is 4.17. The fraction of sp³-hybridized carbons (Fsp3) is 0.400. The second-order valence-corrected chi connectivity index (χ2v) is 2.77. The SMILES string of the molecule is [C-]#[N+]C(C)c1cc(OC)ncc1OC. The average Bonchev–Trinajstić information content (AvgIpc) is 2.27. The number of hydrogen-bond donors (Lipinski definition) is 0. The van der Waals surface area contributed by atoms with E-state index in [1.807, 2.05) is 6.92 Å². The minimum absolute atomic E-state index is 0.248. The Bertz CT molecular complexity index is 358. The van der Waals surface area contributed by atoms with Crippen LogP contribution in [0.15, 0.2) is 12.3 Å². The van der Waals surface area contributed by atoms with E-state index in [-0.39, 0.29) is 6.04 Å². The molecule has 0 aliphatic heterocycles. The highest BCUT2D eigenvalue weighted by Gasteiger charge is 2.16. The van der Waals surface area contributed by atoms with Crippen LogP contribution in [-0.4, -0.2) is 19.2 Å². The lowest BCUT2D eigenvalue weighted by Gasteiger charge is -2.08. The molecule has 1 atom stereocenters. The predicted octanol–water partition coefficient (Wildman–Crippen LogP) is 2.08. The Balaban J connectivity index is 3.16. The fourth-order valence-electron chi connectivity index (χ4n) is 1.12. The molecule has 0 saturated heterocycles. The Morgan fingerprint density at radius 2 is 2.14 bits per heavy atom. The van der Waals surface area contributed by atoms with Crippen molar-refractivity contribution in [2.24, 2.45) is 0 Å². The predicted molar refractivity (Wildman–Crippen MR) is 52.4 cm³/mol. The molecule has 0 aliphatic carbocycles. The summed E-state index contributed by atoms with van der Waals surface area (Å²) in [5.74, 6) is 1.12. The van der Waals surface area contributed by atoms with Crippen LogP contribution in [0.4, 0.5) is 0 Å². The summed E-state index contributed by atoms with van der Waals surface area (Å²) in [5, 5.41) is 0. The van der Waals surface area contributed by atoms with Gasteiger partial charge in [0.15, 0.2) is 0 Å². The van der Waals surface area contributed by atoms with Crippen molar-refractivity contribution in [2.75, 3.05) is 14.2 Å². The molecule has 14 heavy (non-hydrogen) atoms. The average molecular weight is 192 g/mol. The summed E-state index contributed by atoms with van der Waals surface area (Å²) in [4.78, 5) is 7.42. The molecule has 0 bridgehead atoms. The third-order valence-corrected chi connectivity index (χ3v) is 1.95. The molecule has 74 valence electrons. The summed E-state index contributed by atoms with van der Waals surface area (Å²) >= 11 is 0. The summed E-state index contributed by atoms with van der Waals surface area (Å²) in [6.07, 6.45) is 1.57. The van der Waals surface area contributed by atoms with Gasteiger partial charge in [-0.2, -0.15) is 0 Å². The Labute approximate surface area is 83.3 Å². The van der Waals surface area contributed by atoms with Crippen LogP contribution in [0.5, 0.6) is 11.6 Å². The van der Waals surface area contributed by atoms with Crippen LogP contribution in [0.1, 0.15) is 18.5 Å². The van der Waals surface area contributed by atoms with Gasteiger partial charge < -0.3 is 14.3 Å². The molecule has 0 amide bonds. The van der Waals surface area contributed by atoms with Gasteiger partial charge in [0.25, 0.3) is 0 Å². The molecule has 1 aromatic rings. The van der Waals surface area contributed by atoms with E-state index in [1.54, 1.807) is 26.5 Å². The van der Waals surface area contributed by atoms with Crippen LogP contribution >= 0.6 is 0 Å². The molecule has 1 aromatic heterocycles. The van der Waals surface area contributed by atoms with Crippen LogP contribution in [0.3, 0.4) is 0 Å². The number of methoxy groups -OCH3 is 2. The zero-order valence-electron chi connectivity index (χ0n) is 8.44. The molecule has 4 heteroatoms. The van der Waals surface area contributed by atoms with Crippen LogP contribution < -0.4 is 9.47 Å². The lowest BCUT2D eigenvalue weighted by atomic mass is 10.1. The van der Waals surface area contributed by atoms with Crippen molar-refractivity contribution in [3.8, 4) is 11.6 Å².